The molecule has 0 radical (unpaired) electrons. The van der Waals surface area contributed by atoms with E-state index in [9.17, 15) is 0 Å². The van der Waals surface area contributed by atoms with E-state index in [4.69, 9.17) is 11.5 Å². The van der Waals surface area contributed by atoms with Gasteiger partial charge in [0.2, 0.25) is 0 Å². The third kappa shape index (κ3) is 2.06. The molecule has 0 bridgehead atoms. The highest BCUT2D eigenvalue weighted by Gasteiger charge is 2.03. The lowest BCUT2D eigenvalue weighted by atomic mass is 10.00. The maximum atomic E-state index is 5.80. The van der Waals surface area contributed by atoms with Crippen LogP contribution in [0, 0.1) is 0 Å². The van der Waals surface area contributed by atoms with Crippen molar-refractivity contribution in [3.63, 3.8) is 0 Å². The lowest BCUT2D eigenvalue weighted by Crippen LogP contribution is -2.11. The molecule has 1 aromatic carbocycles. The lowest BCUT2D eigenvalue weighted by molar-refractivity contribution is 0.793. The van der Waals surface area contributed by atoms with Gasteiger partial charge in [-0.05, 0) is 31.0 Å². The van der Waals surface area contributed by atoms with Crippen molar-refractivity contribution in [2.75, 3.05) is 6.54 Å². The van der Waals surface area contributed by atoms with E-state index in [0.717, 1.165) is 6.42 Å². The Morgan fingerprint density at radius 2 is 2.00 bits per heavy atom. The van der Waals surface area contributed by atoms with Crippen molar-refractivity contribution in [3.8, 4) is 0 Å². The molecule has 2 heteroatoms. The summed E-state index contributed by atoms with van der Waals surface area (Å²) in [4.78, 5) is 0. The normalized spacial score (nSPS) is 12.9. The highest BCUT2D eigenvalue weighted by Crippen LogP contribution is 2.15. The molecule has 1 rings (SSSR count). The Kier molecular flexibility index (Phi) is 3.26. The Morgan fingerprint density at radius 1 is 1.33 bits per heavy atom. The second kappa shape index (κ2) is 4.24. The molecule has 0 saturated carbocycles. The Bertz CT molecular complexity index is 243. The molecule has 0 aliphatic carbocycles. The Labute approximate surface area is 73.6 Å². The molecule has 66 valence electrons. The van der Waals surface area contributed by atoms with Crippen molar-refractivity contribution >= 4 is 0 Å². The van der Waals surface area contributed by atoms with Gasteiger partial charge in [-0.2, -0.15) is 0 Å². The van der Waals surface area contributed by atoms with Gasteiger partial charge in [0, 0.05) is 6.04 Å². The highest BCUT2D eigenvalue weighted by molar-refractivity contribution is 5.29. The fourth-order valence-corrected chi connectivity index (χ4v) is 1.36. The summed E-state index contributed by atoms with van der Waals surface area (Å²) in [6.07, 6.45) is 0.914. The Morgan fingerprint density at radius 3 is 2.58 bits per heavy atom. The van der Waals surface area contributed by atoms with Crippen LogP contribution in [0.5, 0.6) is 0 Å². The van der Waals surface area contributed by atoms with Gasteiger partial charge in [-0.1, -0.05) is 24.3 Å². The third-order valence-corrected chi connectivity index (χ3v) is 1.96. The van der Waals surface area contributed by atoms with Crippen LogP contribution >= 0.6 is 0 Å². The lowest BCUT2D eigenvalue weighted by Gasteiger charge is -2.11. The monoisotopic (exact) mass is 164 g/mol. The predicted octanol–water partition coefficient (Wildman–Crippen LogP) is 1.21. The molecule has 0 aliphatic heterocycles. The van der Waals surface area contributed by atoms with Gasteiger partial charge in [0.15, 0.2) is 0 Å². The van der Waals surface area contributed by atoms with Crippen molar-refractivity contribution in [2.45, 2.75) is 19.4 Å². The van der Waals surface area contributed by atoms with Crippen LogP contribution < -0.4 is 11.5 Å². The van der Waals surface area contributed by atoms with Crippen LogP contribution in [0.25, 0.3) is 0 Å². The van der Waals surface area contributed by atoms with E-state index < -0.39 is 0 Å². The van der Waals surface area contributed by atoms with E-state index in [1.165, 1.54) is 11.1 Å². The molecule has 2 nitrogen and oxygen atoms in total. The first-order valence-corrected chi connectivity index (χ1v) is 4.29. The number of nitrogens with two attached hydrogens (primary N) is 2. The predicted molar refractivity (Wildman–Crippen MR) is 51.8 cm³/mol. The van der Waals surface area contributed by atoms with Gasteiger partial charge in [-0.25, -0.2) is 0 Å². The number of hydrogen-bond donors (Lipinski definition) is 2. The average molecular weight is 164 g/mol. The molecule has 4 N–H and O–H groups in total. The van der Waals surface area contributed by atoms with Gasteiger partial charge < -0.3 is 11.5 Å². The first kappa shape index (κ1) is 9.23. The number of benzene rings is 1. The largest absolute Gasteiger partial charge is 0.330 e. The maximum absolute atomic E-state index is 5.80. The Balaban J connectivity index is 2.92. The molecule has 0 saturated heterocycles. The van der Waals surface area contributed by atoms with Gasteiger partial charge in [-0.15, -0.1) is 0 Å². The first-order chi connectivity index (χ1) is 5.75. The maximum Gasteiger partial charge on any atom is 0.0268 e. The van der Waals surface area contributed by atoms with Crippen LogP contribution in [-0.4, -0.2) is 6.54 Å². The van der Waals surface area contributed by atoms with Crippen LogP contribution in [0.4, 0.5) is 0 Å². The minimum absolute atomic E-state index is 0.104. The summed E-state index contributed by atoms with van der Waals surface area (Å²) in [6.45, 7) is 2.68. The zero-order valence-corrected chi connectivity index (χ0v) is 7.46. The van der Waals surface area contributed by atoms with Gasteiger partial charge in [0.1, 0.15) is 0 Å². The number of rotatable bonds is 3. The number of hydrogen-bond acceptors (Lipinski definition) is 2. The molecular formula is C10H16N2. The van der Waals surface area contributed by atoms with Crippen molar-refractivity contribution in [2.24, 2.45) is 11.5 Å². The fourth-order valence-electron chi connectivity index (χ4n) is 1.36. The van der Waals surface area contributed by atoms with E-state index >= 15 is 0 Å². The third-order valence-electron chi connectivity index (χ3n) is 1.96. The summed E-state index contributed by atoms with van der Waals surface area (Å²) in [7, 11) is 0. The molecule has 0 aliphatic rings. The van der Waals surface area contributed by atoms with Crippen molar-refractivity contribution in [3.05, 3.63) is 35.4 Å². The Hall–Kier alpha value is -0.860. The molecule has 0 spiro atoms. The summed E-state index contributed by atoms with van der Waals surface area (Å²) >= 11 is 0. The average Bonchev–Trinajstić information content (AvgIpc) is 2.05. The first-order valence-electron chi connectivity index (χ1n) is 4.29. The minimum atomic E-state index is 0.104. The van der Waals surface area contributed by atoms with E-state index in [1.54, 1.807) is 0 Å². The van der Waals surface area contributed by atoms with Crippen molar-refractivity contribution in [1.82, 2.24) is 0 Å². The molecule has 1 unspecified atom stereocenters. The van der Waals surface area contributed by atoms with Crippen LogP contribution in [0.15, 0.2) is 24.3 Å². The summed E-state index contributed by atoms with van der Waals surface area (Å²) in [5.74, 6) is 0. The minimum Gasteiger partial charge on any atom is -0.330 e. The summed E-state index contributed by atoms with van der Waals surface area (Å²) in [5.41, 5.74) is 13.8. The standard InChI is InChI=1S/C10H16N2/c1-8(12)10-5-3-2-4-9(10)6-7-11/h2-5,8H,6-7,11-12H2,1H3. The zero-order valence-electron chi connectivity index (χ0n) is 7.46. The molecule has 1 aromatic rings. The topological polar surface area (TPSA) is 52.0 Å². The molecule has 0 fully saturated rings. The van der Waals surface area contributed by atoms with E-state index in [1.807, 2.05) is 19.1 Å². The zero-order chi connectivity index (χ0) is 8.97. The van der Waals surface area contributed by atoms with Gasteiger partial charge in [-0.3, -0.25) is 0 Å². The molecule has 12 heavy (non-hydrogen) atoms. The quantitative estimate of drug-likeness (QED) is 0.705. The summed E-state index contributed by atoms with van der Waals surface area (Å²) in [6, 6.07) is 8.30. The van der Waals surface area contributed by atoms with Crippen LogP contribution in [-0.2, 0) is 6.42 Å². The van der Waals surface area contributed by atoms with Gasteiger partial charge >= 0.3 is 0 Å². The molecule has 0 heterocycles. The second-order valence-corrected chi connectivity index (χ2v) is 3.03. The van der Waals surface area contributed by atoms with E-state index in [0.29, 0.717) is 6.54 Å². The highest BCUT2D eigenvalue weighted by atomic mass is 14.6. The molecule has 0 aromatic heterocycles. The summed E-state index contributed by atoms with van der Waals surface area (Å²) < 4.78 is 0. The van der Waals surface area contributed by atoms with Crippen LogP contribution in [0.2, 0.25) is 0 Å². The van der Waals surface area contributed by atoms with Crippen molar-refractivity contribution in [1.29, 1.82) is 0 Å². The molecular weight excluding hydrogens is 148 g/mol. The van der Waals surface area contributed by atoms with Crippen LogP contribution in [0.1, 0.15) is 24.1 Å². The smallest absolute Gasteiger partial charge is 0.0268 e. The van der Waals surface area contributed by atoms with Gasteiger partial charge in [0.25, 0.3) is 0 Å². The second-order valence-electron chi connectivity index (χ2n) is 3.03. The van der Waals surface area contributed by atoms with Crippen molar-refractivity contribution < 1.29 is 0 Å². The van der Waals surface area contributed by atoms with E-state index in [2.05, 4.69) is 12.1 Å². The molecule has 1 atom stereocenters. The van der Waals surface area contributed by atoms with E-state index in [-0.39, 0.29) is 6.04 Å². The summed E-state index contributed by atoms with van der Waals surface area (Å²) in [5, 5.41) is 0. The molecule has 0 amide bonds. The fraction of sp³-hybridized carbons (Fsp3) is 0.400. The van der Waals surface area contributed by atoms with Crippen LogP contribution in [0.3, 0.4) is 0 Å². The SMILES string of the molecule is CC(N)c1ccccc1CCN. The van der Waals surface area contributed by atoms with Gasteiger partial charge in [0.05, 0.1) is 0 Å².